The van der Waals surface area contributed by atoms with Crippen molar-refractivity contribution in [2.75, 3.05) is 0 Å². The fourth-order valence-electron chi connectivity index (χ4n) is 1.01. The summed E-state index contributed by atoms with van der Waals surface area (Å²) in [6, 6.07) is 0. The molecule has 0 aromatic heterocycles. The highest BCUT2D eigenvalue weighted by molar-refractivity contribution is 5.79. The zero-order valence-corrected chi connectivity index (χ0v) is 7.14. The van der Waals surface area contributed by atoms with E-state index in [9.17, 15) is 14.9 Å². The topological polar surface area (TPSA) is 60.2 Å². The normalized spacial score (nSPS) is 21.5. The van der Waals surface area contributed by atoms with Crippen molar-refractivity contribution in [3.05, 3.63) is 45.7 Å². The monoisotopic (exact) mass is 179 g/mol. The molecule has 0 saturated carbocycles. The highest BCUT2D eigenvalue weighted by Crippen LogP contribution is 2.14. The first-order valence-electron chi connectivity index (χ1n) is 3.85. The number of carbonyl (C=O) groups excluding carboxylic acids is 1. The minimum absolute atomic E-state index is 0.116. The first-order chi connectivity index (χ1) is 6.15. The molecule has 4 nitrogen and oxygen atoms in total. The molecule has 0 amide bonds. The van der Waals surface area contributed by atoms with E-state index in [1.54, 1.807) is 12.2 Å². The lowest BCUT2D eigenvalue weighted by molar-refractivity contribution is -0.419. The van der Waals surface area contributed by atoms with E-state index in [0.29, 0.717) is 6.29 Å². The molecule has 0 fully saturated rings. The maximum Gasteiger partial charge on any atom is 0.279 e. The number of carbonyl (C=O) groups is 1. The molecular formula is C9H9NO3. The maximum atomic E-state index is 10.5. The second kappa shape index (κ2) is 3.80. The standard InChI is InChI=1S/C9H9NO3/c1-7-2-4-8(6-11)9(5-3-7)10(12)13/h2-7H,1H3. The molecule has 0 N–H and O–H groups in total. The minimum Gasteiger partial charge on any atom is -0.298 e. The third-order valence-corrected chi connectivity index (χ3v) is 1.76. The van der Waals surface area contributed by atoms with Crippen molar-refractivity contribution in [2.24, 2.45) is 5.92 Å². The quantitative estimate of drug-likeness (QED) is 0.366. The smallest absolute Gasteiger partial charge is 0.279 e. The van der Waals surface area contributed by atoms with Gasteiger partial charge in [-0.15, -0.1) is 0 Å². The van der Waals surface area contributed by atoms with Crippen molar-refractivity contribution in [2.45, 2.75) is 6.92 Å². The Hall–Kier alpha value is -1.71. The van der Waals surface area contributed by atoms with Gasteiger partial charge in [-0.25, -0.2) is 0 Å². The predicted molar refractivity (Wildman–Crippen MR) is 47.5 cm³/mol. The average Bonchev–Trinajstić information content (AvgIpc) is 2.26. The van der Waals surface area contributed by atoms with Crippen LogP contribution in [0.5, 0.6) is 0 Å². The molecular weight excluding hydrogens is 170 g/mol. The van der Waals surface area contributed by atoms with Gasteiger partial charge in [0.2, 0.25) is 0 Å². The highest BCUT2D eigenvalue weighted by atomic mass is 16.6. The Bertz CT molecular complexity index is 326. The first-order valence-corrected chi connectivity index (χ1v) is 3.85. The Balaban J connectivity index is 3.16. The van der Waals surface area contributed by atoms with Gasteiger partial charge in [0, 0.05) is 6.08 Å². The van der Waals surface area contributed by atoms with Crippen molar-refractivity contribution < 1.29 is 9.72 Å². The molecule has 68 valence electrons. The molecule has 1 aliphatic rings. The molecule has 1 aliphatic carbocycles. The van der Waals surface area contributed by atoms with Gasteiger partial charge in [-0.3, -0.25) is 14.9 Å². The average molecular weight is 179 g/mol. The van der Waals surface area contributed by atoms with E-state index in [1.165, 1.54) is 12.2 Å². The van der Waals surface area contributed by atoms with Crippen LogP contribution in [0.2, 0.25) is 0 Å². The molecule has 0 aromatic rings. The van der Waals surface area contributed by atoms with Crippen molar-refractivity contribution in [3.8, 4) is 0 Å². The van der Waals surface area contributed by atoms with E-state index >= 15 is 0 Å². The van der Waals surface area contributed by atoms with Crippen molar-refractivity contribution >= 4 is 6.29 Å². The summed E-state index contributed by atoms with van der Waals surface area (Å²) in [4.78, 5) is 20.4. The third kappa shape index (κ3) is 2.11. The summed E-state index contributed by atoms with van der Waals surface area (Å²) in [6.45, 7) is 1.89. The molecule has 0 heterocycles. The zero-order chi connectivity index (χ0) is 9.84. The largest absolute Gasteiger partial charge is 0.298 e. The molecule has 0 spiro atoms. The van der Waals surface area contributed by atoms with E-state index < -0.39 is 4.92 Å². The number of nitrogens with zero attached hydrogens (tertiary/aromatic N) is 1. The number of hydrogen-bond donors (Lipinski definition) is 0. The third-order valence-electron chi connectivity index (χ3n) is 1.76. The van der Waals surface area contributed by atoms with E-state index in [1.807, 2.05) is 6.92 Å². The van der Waals surface area contributed by atoms with Crippen molar-refractivity contribution in [1.82, 2.24) is 0 Å². The first kappa shape index (κ1) is 9.38. The number of aldehydes is 1. The van der Waals surface area contributed by atoms with Crippen LogP contribution < -0.4 is 0 Å². The molecule has 0 radical (unpaired) electrons. The summed E-state index contributed by atoms with van der Waals surface area (Å²) in [5.41, 5.74) is -0.0267. The van der Waals surface area contributed by atoms with Crippen LogP contribution in [0, 0.1) is 16.0 Å². The van der Waals surface area contributed by atoms with Crippen LogP contribution in [0.3, 0.4) is 0 Å². The van der Waals surface area contributed by atoms with Crippen LogP contribution in [0.1, 0.15) is 6.92 Å². The van der Waals surface area contributed by atoms with Crippen molar-refractivity contribution in [3.63, 3.8) is 0 Å². The molecule has 13 heavy (non-hydrogen) atoms. The predicted octanol–water partition coefficient (Wildman–Crippen LogP) is 1.48. The lowest BCUT2D eigenvalue weighted by Crippen LogP contribution is -1.99. The van der Waals surface area contributed by atoms with Crippen LogP contribution >= 0.6 is 0 Å². The van der Waals surface area contributed by atoms with Gasteiger partial charge < -0.3 is 0 Å². The summed E-state index contributed by atoms with van der Waals surface area (Å²) in [5.74, 6) is 0.118. The lowest BCUT2D eigenvalue weighted by atomic mass is 10.1. The Labute approximate surface area is 75.4 Å². The summed E-state index contributed by atoms with van der Waals surface area (Å²) in [7, 11) is 0. The zero-order valence-electron chi connectivity index (χ0n) is 7.14. The summed E-state index contributed by atoms with van der Waals surface area (Å²) < 4.78 is 0. The second-order valence-electron chi connectivity index (χ2n) is 2.79. The van der Waals surface area contributed by atoms with Crippen LogP contribution in [0.15, 0.2) is 35.6 Å². The van der Waals surface area contributed by atoms with Gasteiger partial charge in [-0.1, -0.05) is 19.1 Å². The highest BCUT2D eigenvalue weighted by Gasteiger charge is 2.14. The molecule has 1 rings (SSSR count). The van der Waals surface area contributed by atoms with E-state index in [-0.39, 0.29) is 17.2 Å². The number of allylic oxidation sites excluding steroid dienone is 5. The summed E-state index contributed by atoms with van der Waals surface area (Å²) in [6.07, 6.45) is 6.78. The summed E-state index contributed by atoms with van der Waals surface area (Å²) >= 11 is 0. The summed E-state index contributed by atoms with van der Waals surface area (Å²) in [5, 5.41) is 10.5. The van der Waals surface area contributed by atoms with Crippen LogP contribution in [-0.2, 0) is 4.79 Å². The molecule has 0 aliphatic heterocycles. The number of nitro groups is 1. The van der Waals surface area contributed by atoms with E-state index in [4.69, 9.17) is 0 Å². The minimum atomic E-state index is -0.553. The van der Waals surface area contributed by atoms with E-state index in [0.717, 1.165) is 0 Å². The molecule has 0 saturated heterocycles. The van der Waals surface area contributed by atoms with Crippen LogP contribution in [-0.4, -0.2) is 11.2 Å². The number of hydrogen-bond acceptors (Lipinski definition) is 3. The molecule has 0 bridgehead atoms. The SMILES string of the molecule is CC1C=CC(C=O)=C([N+](=O)[O-])C=C1. The van der Waals surface area contributed by atoms with Gasteiger partial charge in [-0.2, -0.15) is 0 Å². The Kier molecular flexibility index (Phi) is 2.74. The molecule has 1 unspecified atom stereocenters. The Morgan fingerprint density at radius 2 is 2.08 bits per heavy atom. The van der Waals surface area contributed by atoms with Gasteiger partial charge in [0.05, 0.1) is 10.5 Å². The van der Waals surface area contributed by atoms with Gasteiger partial charge in [0.25, 0.3) is 5.70 Å². The maximum absolute atomic E-state index is 10.5. The fourth-order valence-corrected chi connectivity index (χ4v) is 1.01. The Morgan fingerprint density at radius 3 is 2.62 bits per heavy atom. The molecule has 4 heteroatoms. The molecule has 1 atom stereocenters. The lowest BCUT2D eigenvalue weighted by Gasteiger charge is -1.91. The number of rotatable bonds is 2. The van der Waals surface area contributed by atoms with Crippen LogP contribution in [0.4, 0.5) is 0 Å². The van der Waals surface area contributed by atoms with Crippen molar-refractivity contribution in [1.29, 1.82) is 0 Å². The second-order valence-corrected chi connectivity index (χ2v) is 2.79. The van der Waals surface area contributed by atoms with Gasteiger partial charge in [0.1, 0.15) is 0 Å². The van der Waals surface area contributed by atoms with Crippen LogP contribution in [0.25, 0.3) is 0 Å². The van der Waals surface area contributed by atoms with Gasteiger partial charge in [0.15, 0.2) is 6.29 Å². The fraction of sp³-hybridized carbons (Fsp3) is 0.222. The molecule has 0 aromatic carbocycles. The van der Waals surface area contributed by atoms with Gasteiger partial charge >= 0.3 is 0 Å². The Morgan fingerprint density at radius 1 is 1.46 bits per heavy atom. The van der Waals surface area contributed by atoms with Gasteiger partial charge in [-0.05, 0) is 12.0 Å². The van der Waals surface area contributed by atoms with E-state index in [2.05, 4.69) is 0 Å².